The molecule has 4 heterocycles. The number of benzene rings is 2. The number of aliphatic carboxylic acids is 1. The first-order chi connectivity index (χ1) is 27.1. The van der Waals surface area contributed by atoms with Crippen LogP contribution in [0.4, 0.5) is 35.5 Å². The number of rotatable bonds is 6. The Bertz CT molecular complexity index is 1830. The summed E-state index contributed by atoms with van der Waals surface area (Å²) < 4.78 is 72.3. The van der Waals surface area contributed by atoms with Crippen LogP contribution in [0.3, 0.4) is 0 Å². The quantitative estimate of drug-likeness (QED) is 0.247. The molecule has 0 aliphatic carbocycles. The molecule has 6 rings (SSSR count). The van der Waals surface area contributed by atoms with E-state index in [1.54, 1.807) is 45.0 Å². The van der Waals surface area contributed by atoms with Gasteiger partial charge in [-0.15, -0.1) is 0 Å². The number of ether oxygens (including phenoxy) is 6. The highest BCUT2D eigenvalue weighted by Gasteiger charge is 2.36. The Kier molecular flexibility index (Phi) is 14.5. The van der Waals surface area contributed by atoms with E-state index in [1.807, 2.05) is 0 Å². The minimum Gasteiger partial charge on any atom is -0.491 e. The van der Waals surface area contributed by atoms with Gasteiger partial charge in [0.15, 0.2) is 6.61 Å². The van der Waals surface area contributed by atoms with Crippen LogP contribution in [0, 0.1) is 5.92 Å². The van der Waals surface area contributed by atoms with Gasteiger partial charge in [0.2, 0.25) is 11.9 Å². The summed E-state index contributed by atoms with van der Waals surface area (Å²) in [5.74, 6) is -2.36. The first kappa shape index (κ1) is 42.5. The summed E-state index contributed by atoms with van der Waals surface area (Å²) in [4.78, 5) is 52.8. The van der Waals surface area contributed by atoms with Crippen molar-refractivity contribution in [2.24, 2.45) is 5.92 Å². The predicted octanol–water partition coefficient (Wildman–Crippen LogP) is 4.80. The summed E-state index contributed by atoms with van der Waals surface area (Å²) >= 11 is 0. The van der Waals surface area contributed by atoms with E-state index in [4.69, 9.17) is 28.4 Å². The summed E-state index contributed by atoms with van der Waals surface area (Å²) in [7, 11) is 0. The molecule has 0 spiro atoms. The van der Waals surface area contributed by atoms with Crippen molar-refractivity contribution in [3.63, 3.8) is 0 Å². The fourth-order valence-corrected chi connectivity index (χ4v) is 5.75. The van der Waals surface area contributed by atoms with Crippen LogP contribution in [0.2, 0.25) is 0 Å². The normalized spacial score (nSPS) is 17.7. The van der Waals surface area contributed by atoms with E-state index >= 15 is 0 Å². The Labute approximate surface area is 326 Å². The summed E-state index contributed by atoms with van der Waals surface area (Å²) in [5, 5.41) is 18.6. The molecule has 6 bridgehead atoms. The molecule has 2 atom stereocenters. The van der Waals surface area contributed by atoms with Gasteiger partial charge in [0.1, 0.15) is 36.4 Å². The van der Waals surface area contributed by atoms with Gasteiger partial charge in [-0.2, -0.15) is 28.1 Å². The van der Waals surface area contributed by atoms with Crippen LogP contribution in [-0.2, 0) is 25.5 Å². The number of carboxylic acid groups (broad SMARTS) is 1. The van der Waals surface area contributed by atoms with E-state index in [0.717, 1.165) is 5.56 Å². The molecule has 2 amide bonds. The molecule has 1 saturated heterocycles. The number of nitrogens with zero attached hydrogens (tertiary/aromatic N) is 4. The van der Waals surface area contributed by atoms with E-state index in [2.05, 4.69) is 30.9 Å². The monoisotopic (exact) mass is 805 g/mol. The van der Waals surface area contributed by atoms with E-state index in [1.165, 1.54) is 23.1 Å². The minimum atomic E-state index is -4.66. The smallest absolute Gasteiger partial charge is 0.422 e. The van der Waals surface area contributed by atoms with Crippen molar-refractivity contribution in [1.82, 2.24) is 25.2 Å². The predicted molar refractivity (Wildman–Crippen MR) is 197 cm³/mol. The van der Waals surface area contributed by atoms with Gasteiger partial charge in [-0.1, -0.05) is 12.1 Å². The summed E-state index contributed by atoms with van der Waals surface area (Å²) in [6.45, 7) is 5.33. The number of alkyl halides is 3. The van der Waals surface area contributed by atoms with E-state index in [-0.39, 0.29) is 75.0 Å². The maximum atomic E-state index is 13.8. The third-order valence-electron chi connectivity index (χ3n) is 8.32. The van der Waals surface area contributed by atoms with Gasteiger partial charge in [-0.05, 0) is 63.4 Å². The average Bonchev–Trinajstić information content (AvgIpc) is 3.15. The molecule has 0 saturated carbocycles. The van der Waals surface area contributed by atoms with E-state index in [0.29, 0.717) is 31.7 Å². The Hall–Kier alpha value is -5.63. The van der Waals surface area contributed by atoms with Crippen molar-refractivity contribution in [3.05, 3.63) is 53.6 Å². The number of halogens is 3. The van der Waals surface area contributed by atoms with Gasteiger partial charge in [0.25, 0.3) is 5.91 Å². The molecule has 0 radical (unpaired) electrons. The fourth-order valence-electron chi connectivity index (χ4n) is 5.75. The topological polar surface area (TPSA) is 205 Å². The molecule has 2 unspecified atom stereocenters. The Morgan fingerprint density at radius 3 is 2.32 bits per heavy atom. The van der Waals surface area contributed by atoms with Crippen LogP contribution in [0.5, 0.6) is 17.5 Å². The molecule has 17 nitrogen and oxygen atoms in total. The van der Waals surface area contributed by atoms with Crippen molar-refractivity contribution in [2.75, 3.05) is 70.0 Å². The van der Waals surface area contributed by atoms with Crippen LogP contribution >= 0.6 is 0 Å². The largest absolute Gasteiger partial charge is 0.491 e. The summed E-state index contributed by atoms with van der Waals surface area (Å²) in [5.41, 5.74) is 0.255. The van der Waals surface area contributed by atoms with Gasteiger partial charge in [0.05, 0.1) is 32.0 Å². The van der Waals surface area contributed by atoms with Crippen molar-refractivity contribution in [3.8, 4) is 17.5 Å². The van der Waals surface area contributed by atoms with Gasteiger partial charge in [0, 0.05) is 37.3 Å². The van der Waals surface area contributed by atoms with Crippen LogP contribution in [0.1, 0.15) is 49.5 Å². The standard InChI is InChI=1S/C37H46F3N7O10/c1-36(2,3)57-35(51)47-12-4-5-24(21-47)29(31(49)50)43-30(48)27-11-8-25-19-28(27)55-18-16-53-14-13-52-15-17-54-26-9-6-23(7-10-26)20-41-32-44-33(42-25)46-34(45-32)56-22-37(38,39)40/h6-11,19,24,29H,4-5,12-18,20-22H2,1-3H3,(H,43,48)(H,49,50)(H2,41,42,44,45,46). The van der Waals surface area contributed by atoms with Crippen LogP contribution < -0.4 is 30.2 Å². The second kappa shape index (κ2) is 19.5. The van der Waals surface area contributed by atoms with Gasteiger partial charge in [-0.25, -0.2) is 9.59 Å². The van der Waals surface area contributed by atoms with Crippen molar-refractivity contribution < 1.29 is 61.1 Å². The maximum Gasteiger partial charge on any atom is 0.422 e. The number of anilines is 3. The summed E-state index contributed by atoms with van der Waals surface area (Å²) in [6.07, 6.45) is -4.31. The second-order valence-corrected chi connectivity index (χ2v) is 14.0. The molecular weight excluding hydrogens is 759 g/mol. The molecule has 2 aromatic carbocycles. The number of carboxylic acids is 1. The zero-order valence-electron chi connectivity index (χ0n) is 31.7. The number of amides is 2. The molecule has 4 N–H and O–H groups in total. The number of piperidine rings is 1. The number of carbonyl (C=O) groups excluding carboxylic acids is 2. The van der Waals surface area contributed by atoms with E-state index < -0.39 is 54.3 Å². The van der Waals surface area contributed by atoms with Crippen LogP contribution in [-0.4, -0.2) is 120 Å². The number of aromatic nitrogens is 3. The Morgan fingerprint density at radius 2 is 1.63 bits per heavy atom. The fraction of sp³-hybridized carbons (Fsp3) is 0.514. The first-order valence-electron chi connectivity index (χ1n) is 18.2. The number of likely N-dealkylation sites (tertiary alicyclic amines) is 1. The number of fused-ring (bicyclic) bond motifs is 12. The molecule has 1 aromatic heterocycles. The molecule has 3 aliphatic rings. The zero-order chi connectivity index (χ0) is 41.0. The van der Waals surface area contributed by atoms with Crippen LogP contribution in [0.15, 0.2) is 42.5 Å². The lowest BCUT2D eigenvalue weighted by Crippen LogP contribution is -2.53. The molecule has 3 aliphatic heterocycles. The molecule has 3 aromatic rings. The van der Waals surface area contributed by atoms with Gasteiger partial charge in [-0.3, -0.25) is 4.79 Å². The minimum absolute atomic E-state index is 0.0141. The third kappa shape index (κ3) is 13.8. The van der Waals surface area contributed by atoms with Crippen LogP contribution in [0.25, 0.3) is 0 Å². The van der Waals surface area contributed by atoms with Crippen molar-refractivity contribution in [1.29, 1.82) is 0 Å². The zero-order valence-corrected chi connectivity index (χ0v) is 31.7. The lowest BCUT2D eigenvalue weighted by atomic mass is 9.90. The summed E-state index contributed by atoms with van der Waals surface area (Å²) in [6, 6.07) is 9.37. The van der Waals surface area contributed by atoms with Gasteiger partial charge < -0.3 is 54.4 Å². The average molecular weight is 806 g/mol. The molecule has 20 heteroatoms. The lowest BCUT2D eigenvalue weighted by Gasteiger charge is -2.36. The lowest BCUT2D eigenvalue weighted by molar-refractivity contribution is -0.154. The highest BCUT2D eigenvalue weighted by molar-refractivity contribution is 5.99. The maximum absolute atomic E-state index is 13.8. The van der Waals surface area contributed by atoms with Crippen molar-refractivity contribution in [2.45, 2.75) is 58.0 Å². The first-order valence-corrected chi connectivity index (χ1v) is 18.2. The second-order valence-electron chi connectivity index (χ2n) is 14.0. The Morgan fingerprint density at radius 1 is 0.947 bits per heavy atom. The molecule has 57 heavy (non-hydrogen) atoms. The molecule has 1 fully saturated rings. The molecular formula is C37H46F3N7O10. The third-order valence-corrected chi connectivity index (χ3v) is 8.32. The van der Waals surface area contributed by atoms with E-state index in [9.17, 15) is 32.7 Å². The Balaban J connectivity index is 1.39. The van der Waals surface area contributed by atoms with Crippen molar-refractivity contribution >= 4 is 35.6 Å². The van der Waals surface area contributed by atoms with Gasteiger partial charge >= 0.3 is 24.2 Å². The SMILES string of the molecule is CC(C)(C)OC(=O)N1CCCC(C(NC(=O)c2ccc3cc2OCCOCCOCCOc2ccc(cc2)CNc2nc(nc(OCC(F)(F)F)n2)N3)C(=O)O)C1. The number of nitrogens with one attached hydrogen (secondary N) is 3. The highest BCUT2D eigenvalue weighted by Crippen LogP contribution is 2.28. The number of hydrogen-bond acceptors (Lipinski definition) is 14. The number of carbonyl (C=O) groups is 3. The highest BCUT2D eigenvalue weighted by atomic mass is 19.4. The number of hydrogen-bond donors (Lipinski definition) is 4. The molecule has 310 valence electrons.